The number of hydrogen-bond acceptors (Lipinski definition) is 7. The summed E-state index contributed by atoms with van der Waals surface area (Å²) in [7, 11) is -2.24. The van der Waals surface area contributed by atoms with Crippen molar-refractivity contribution in [2.75, 3.05) is 12.4 Å². The Morgan fingerprint density at radius 3 is 2.50 bits per heavy atom. The summed E-state index contributed by atoms with van der Waals surface area (Å²) in [5, 5.41) is 9.98. The number of benzene rings is 1. The van der Waals surface area contributed by atoms with Gasteiger partial charge in [-0.2, -0.15) is 0 Å². The van der Waals surface area contributed by atoms with Crippen molar-refractivity contribution in [3.63, 3.8) is 0 Å². The molecular formula is C14H18N4O4S2. The summed E-state index contributed by atoms with van der Waals surface area (Å²) < 4.78 is 31.7. The molecule has 0 fully saturated rings. The molecule has 0 bridgehead atoms. The number of hydrogen-bond donors (Lipinski definition) is 2. The Labute approximate surface area is 144 Å². The average molecular weight is 370 g/mol. The molecule has 0 aliphatic rings. The molecule has 1 amide bonds. The molecule has 1 aromatic heterocycles. The van der Waals surface area contributed by atoms with E-state index < -0.39 is 10.0 Å². The van der Waals surface area contributed by atoms with Crippen LogP contribution in [0.4, 0.5) is 5.13 Å². The zero-order valence-corrected chi connectivity index (χ0v) is 15.1. The maximum Gasteiger partial charge on any atom is 0.270 e. The van der Waals surface area contributed by atoms with Gasteiger partial charge in [-0.15, -0.1) is 10.2 Å². The van der Waals surface area contributed by atoms with Crippen molar-refractivity contribution in [1.82, 2.24) is 14.9 Å². The van der Waals surface area contributed by atoms with Crippen LogP contribution in [0, 0.1) is 5.92 Å². The first-order chi connectivity index (χ1) is 11.3. The zero-order chi connectivity index (χ0) is 17.7. The molecule has 0 aliphatic heterocycles. The number of carbonyl (C=O) groups is 1. The molecule has 10 heteroatoms. The summed E-state index contributed by atoms with van der Waals surface area (Å²) in [6.07, 6.45) is 0. The maximum absolute atomic E-state index is 12.2. The molecule has 8 nitrogen and oxygen atoms in total. The molecule has 2 aromatic rings. The van der Waals surface area contributed by atoms with E-state index in [1.807, 2.05) is 0 Å². The second-order valence-corrected chi connectivity index (χ2v) is 8.11. The molecule has 130 valence electrons. The van der Waals surface area contributed by atoms with Crippen LogP contribution in [-0.2, 0) is 21.4 Å². The van der Waals surface area contributed by atoms with Crippen LogP contribution in [-0.4, -0.2) is 31.6 Å². The van der Waals surface area contributed by atoms with Gasteiger partial charge in [0.25, 0.3) is 10.0 Å². The highest BCUT2D eigenvalue weighted by molar-refractivity contribution is 7.91. The summed E-state index contributed by atoms with van der Waals surface area (Å²) >= 11 is 0.802. The van der Waals surface area contributed by atoms with Gasteiger partial charge in [0.1, 0.15) is 5.75 Å². The molecule has 0 radical (unpaired) electrons. The van der Waals surface area contributed by atoms with Gasteiger partial charge in [0.2, 0.25) is 15.4 Å². The minimum atomic E-state index is -3.80. The van der Waals surface area contributed by atoms with Crippen molar-refractivity contribution >= 4 is 32.4 Å². The van der Waals surface area contributed by atoms with Gasteiger partial charge in [0, 0.05) is 12.5 Å². The highest BCUT2D eigenvalue weighted by Crippen LogP contribution is 2.20. The molecule has 1 aromatic carbocycles. The van der Waals surface area contributed by atoms with Gasteiger partial charge in [-0.05, 0) is 17.7 Å². The number of rotatable bonds is 7. The fourth-order valence-corrected chi connectivity index (χ4v) is 3.56. The Morgan fingerprint density at radius 1 is 1.25 bits per heavy atom. The van der Waals surface area contributed by atoms with Crippen molar-refractivity contribution in [3.8, 4) is 5.75 Å². The summed E-state index contributed by atoms with van der Waals surface area (Å²) in [6, 6.07) is 7.01. The summed E-state index contributed by atoms with van der Waals surface area (Å²) in [4.78, 5) is 11.6. The van der Waals surface area contributed by atoms with Crippen molar-refractivity contribution in [2.24, 2.45) is 5.92 Å². The van der Waals surface area contributed by atoms with Crippen LogP contribution in [0.2, 0.25) is 0 Å². The van der Waals surface area contributed by atoms with Crippen molar-refractivity contribution in [1.29, 1.82) is 0 Å². The molecule has 0 saturated heterocycles. The first-order valence-corrected chi connectivity index (χ1v) is 9.39. The molecular weight excluding hydrogens is 352 g/mol. The van der Waals surface area contributed by atoms with Crippen molar-refractivity contribution in [2.45, 2.75) is 24.7 Å². The third kappa shape index (κ3) is 4.73. The topological polar surface area (TPSA) is 110 Å². The average Bonchev–Trinajstić information content (AvgIpc) is 3.03. The molecule has 0 saturated carbocycles. The van der Waals surface area contributed by atoms with Gasteiger partial charge in [-0.3, -0.25) is 4.79 Å². The molecule has 2 rings (SSSR count). The number of amides is 1. The Morgan fingerprint density at radius 2 is 1.92 bits per heavy atom. The lowest BCUT2D eigenvalue weighted by Gasteiger charge is -2.05. The lowest BCUT2D eigenvalue weighted by Crippen LogP contribution is -2.23. The van der Waals surface area contributed by atoms with Crippen LogP contribution in [0.3, 0.4) is 0 Å². The number of aromatic nitrogens is 2. The van der Waals surface area contributed by atoms with Crippen molar-refractivity contribution < 1.29 is 17.9 Å². The second kappa shape index (κ2) is 7.69. The van der Waals surface area contributed by atoms with E-state index in [0.29, 0.717) is 5.75 Å². The predicted octanol–water partition coefficient (Wildman–Crippen LogP) is 1.62. The molecule has 0 aliphatic carbocycles. The zero-order valence-electron chi connectivity index (χ0n) is 13.4. The van der Waals surface area contributed by atoms with Gasteiger partial charge in [0.15, 0.2) is 0 Å². The smallest absolute Gasteiger partial charge is 0.270 e. The minimum Gasteiger partial charge on any atom is -0.497 e. The third-order valence-corrected chi connectivity index (χ3v) is 5.62. The standard InChI is InChI=1S/C14H18N4O4S2/c1-9(2)12(19)16-13-17-18-14(23-13)24(20,21)15-8-10-4-6-11(22-3)7-5-10/h4-7,9,15H,8H2,1-3H3,(H,16,17,19). The molecule has 0 unspecified atom stereocenters. The number of anilines is 1. The monoisotopic (exact) mass is 370 g/mol. The van der Waals surface area contributed by atoms with E-state index >= 15 is 0 Å². The van der Waals surface area contributed by atoms with E-state index in [2.05, 4.69) is 20.2 Å². The van der Waals surface area contributed by atoms with Gasteiger partial charge < -0.3 is 10.1 Å². The van der Waals surface area contributed by atoms with Gasteiger partial charge >= 0.3 is 0 Å². The van der Waals surface area contributed by atoms with E-state index in [0.717, 1.165) is 16.9 Å². The van der Waals surface area contributed by atoms with Crippen LogP contribution >= 0.6 is 11.3 Å². The normalized spacial score (nSPS) is 11.5. The van der Waals surface area contributed by atoms with Crippen LogP contribution in [0.25, 0.3) is 0 Å². The fraction of sp³-hybridized carbons (Fsp3) is 0.357. The van der Waals surface area contributed by atoms with Gasteiger partial charge in [-0.1, -0.05) is 37.3 Å². The quantitative estimate of drug-likeness (QED) is 0.717. The molecule has 1 heterocycles. The predicted molar refractivity (Wildman–Crippen MR) is 90.4 cm³/mol. The van der Waals surface area contributed by atoms with Crippen LogP contribution in [0.5, 0.6) is 5.75 Å². The van der Waals surface area contributed by atoms with Crippen LogP contribution in [0.15, 0.2) is 28.6 Å². The number of carbonyl (C=O) groups excluding carboxylic acids is 1. The maximum atomic E-state index is 12.2. The SMILES string of the molecule is COc1ccc(CNS(=O)(=O)c2nnc(NC(=O)C(C)C)s2)cc1. The highest BCUT2D eigenvalue weighted by Gasteiger charge is 2.21. The van der Waals surface area contributed by atoms with Gasteiger partial charge in [-0.25, -0.2) is 13.1 Å². The summed E-state index contributed by atoms with van der Waals surface area (Å²) in [6.45, 7) is 3.56. The second-order valence-electron chi connectivity index (χ2n) is 5.19. The highest BCUT2D eigenvalue weighted by atomic mass is 32.2. The minimum absolute atomic E-state index is 0.111. The Balaban J connectivity index is 2.02. The number of methoxy groups -OCH3 is 1. The lowest BCUT2D eigenvalue weighted by molar-refractivity contribution is -0.118. The molecule has 0 spiro atoms. The summed E-state index contributed by atoms with van der Waals surface area (Å²) in [5.41, 5.74) is 0.775. The van der Waals surface area contributed by atoms with E-state index in [1.54, 1.807) is 45.2 Å². The Kier molecular flexibility index (Phi) is 5.86. The van der Waals surface area contributed by atoms with Crippen LogP contribution < -0.4 is 14.8 Å². The van der Waals surface area contributed by atoms with Crippen LogP contribution in [0.1, 0.15) is 19.4 Å². The first kappa shape index (κ1) is 18.3. The molecule has 24 heavy (non-hydrogen) atoms. The van der Waals surface area contributed by atoms with Gasteiger partial charge in [0.05, 0.1) is 7.11 Å². The Hall–Kier alpha value is -2.04. The number of nitrogens with zero attached hydrogens (tertiary/aromatic N) is 2. The van der Waals surface area contributed by atoms with E-state index in [4.69, 9.17) is 4.74 Å². The fourth-order valence-electron chi connectivity index (χ4n) is 1.60. The van der Waals surface area contributed by atoms with Crippen molar-refractivity contribution in [3.05, 3.63) is 29.8 Å². The number of ether oxygens (including phenoxy) is 1. The summed E-state index contributed by atoms with van der Waals surface area (Å²) in [5.74, 6) is 0.208. The largest absolute Gasteiger partial charge is 0.497 e. The lowest BCUT2D eigenvalue weighted by atomic mass is 10.2. The number of nitrogens with one attached hydrogen (secondary N) is 2. The molecule has 2 N–H and O–H groups in total. The van der Waals surface area contributed by atoms with E-state index in [1.165, 1.54) is 0 Å². The molecule has 0 atom stereocenters. The first-order valence-electron chi connectivity index (χ1n) is 7.09. The van der Waals surface area contributed by atoms with E-state index in [-0.39, 0.29) is 27.8 Å². The Bertz CT molecular complexity index is 800. The van der Waals surface area contributed by atoms with E-state index in [9.17, 15) is 13.2 Å². The number of sulfonamides is 1. The third-order valence-electron chi connectivity index (χ3n) is 3.02.